The third-order valence-electron chi connectivity index (χ3n) is 2.13. The smallest absolute Gasteiger partial charge is 0.302 e. The van der Waals surface area contributed by atoms with Crippen LogP contribution in [0.5, 0.6) is 5.75 Å². The summed E-state index contributed by atoms with van der Waals surface area (Å²) in [6, 6.07) is 4.87. The van der Waals surface area contributed by atoms with Crippen molar-refractivity contribution in [2.24, 2.45) is 0 Å². The van der Waals surface area contributed by atoms with E-state index in [-0.39, 0.29) is 17.3 Å². The molecule has 0 fully saturated rings. The van der Waals surface area contributed by atoms with Gasteiger partial charge in [0.25, 0.3) is 0 Å². The number of rotatable bonds is 5. The quantitative estimate of drug-likeness (QED) is 0.468. The number of phenols is 1. The number of carbonyl (C=O) groups excluding carboxylic acids is 2. The van der Waals surface area contributed by atoms with Crippen molar-refractivity contribution in [2.45, 2.75) is 19.8 Å². The number of hydrogen-bond acceptors (Lipinski definition) is 4. The fraction of sp³-hybridized carbons (Fsp3) is 0.333. The van der Waals surface area contributed by atoms with Crippen LogP contribution in [0.1, 0.15) is 29.3 Å². The minimum Gasteiger partial charge on any atom is -0.507 e. The van der Waals surface area contributed by atoms with Gasteiger partial charge in [-0.05, 0) is 30.5 Å². The Bertz CT molecular complexity index is 385. The summed E-state index contributed by atoms with van der Waals surface area (Å²) in [5.41, 5.74) is 1.22. The van der Waals surface area contributed by atoms with Crippen molar-refractivity contribution in [1.29, 1.82) is 0 Å². The Balaban J connectivity index is 2.48. The number of aryl methyl sites for hydroxylation is 1. The Labute approximate surface area is 93.9 Å². The molecule has 16 heavy (non-hydrogen) atoms. The zero-order valence-corrected chi connectivity index (χ0v) is 9.10. The molecule has 0 aliphatic carbocycles. The second-order valence-corrected chi connectivity index (χ2v) is 3.45. The van der Waals surface area contributed by atoms with Gasteiger partial charge in [-0.2, -0.15) is 0 Å². The molecule has 0 aliphatic heterocycles. The maximum absolute atomic E-state index is 10.6. The van der Waals surface area contributed by atoms with Gasteiger partial charge in [0, 0.05) is 6.92 Å². The second-order valence-electron chi connectivity index (χ2n) is 3.45. The average molecular weight is 222 g/mol. The van der Waals surface area contributed by atoms with Crippen LogP contribution in [0.2, 0.25) is 0 Å². The summed E-state index contributed by atoms with van der Waals surface area (Å²) in [7, 11) is 0. The van der Waals surface area contributed by atoms with Crippen molar-refractivity contribution in [3.05, 3.63) is 29.3 Å². The molecule has 0 heterocycles. The number of benzene rings is 1. The van der Waals surface area contributed by atoms with Crippen LogP contribution in [-0.4, -0.2) is 24.0 Å². The standard InChI is InChI=1S/C12H14O4/c1-9(14)16-6-2-3-10-4-5-12(15)11(7-10)8-13/h4-5,7-8,15H,2-3,6H2,1H3. The summed E-state index contributed by atoms with van der Waals surface area (Å²) in [5, 5.41) is 9.28. The molecule has 0 aliphatic rings. The largest absolute Gasteiger partial charge is 0.507 e. The number of esters is 1. The van der Waals surface area contributed by atoms with Crippen LogP contribution in [0.15, 0.2) is 18.2 Å². The lowest BCUT2D eigenvalue weighted by atomic mass is 10.1. The zero-order valence-electron chi connectivity index (χ0n) is 9.10. The van der Waals surface area contributed by atoms with E-state index in [0.717, 1.165) is 5.56 Å². The first-order valence-electron chi connectivity index (χ1n) is 5.04. The highest BCUT2D eigenvalue weighted by Crippen LogP contribution is 2.17. The van der Waals surface area contributed by atoms with E-state index >= 15 is 0 Å². The van der Waals surface area contributed by atoms with Crippen LogP contribution in [0.4, 0.5) is 0 Å². The van der Waals surface area contributed by atoms with E-state index in [9.17, 15) is 14.7 Å². The number of ether oxygens (including phenoxy) is 1. The highest BCUT2D eigenvalue weighted by molar-refractivity contribution is 5.79. The molecule has 0 saturated heterocycles. The Kier molecular flexibility index (Phi) is 4.51. The molecule has 0 spiro atoms. The molecule has 1 N–H and O–H groups in total. The number of phenolic OH excluding ortho intramolecular Hbond substituents is 1. The van der Waals surface area contributed by atoms with E-state index in [4.69, 9.17) is 4.74 Å². The normalized spacial score (nSPS) is 9.81. The molecule has 1 aromatic carbocycles. The second kappa shape index (κ2) is 5.90. The molecule has 0 aromatic heterocycles. The lowest BCUT2D eigenvalue weighted by molar-refractivity contribution is -0.141. The summed E-state index contributed by atoms with van der Waals surface area (Å²) in [5.74, 6) is -0.307. The maximum atomic E-state index is 10.6. The van der Waals surface area contributed by atoms with E-state index < -0.39 is 0 Å². The third-order valence-corrected chi connectivity index (χ3v) is 2.13. The minimum absolute atomic E-state index is 0.0151. The van der Waals surface area contributed by atoms with Crippen molar-refractivity contribution >= 4 is 12.3 Å². The predicted molar refractivity (Wildman–Crippen MR) is 58.4 cm³/mol. The third kappa shape index (κ3) is 3.73. The number of hydrogen-bond donors (Lipinski definition) is 1. The Morgan fingerprint density at radius 3 is 2.88 bits per heavy atom. The Morgan fingerprint density at radius 1 is 1.50 bits per heavy atom. The molecule has 0 amide bonds. The van der Waals surface area contributed by atoms with E-state index in [0.29, 0.717) is 25.7 Å². The molecule has 0 radical (unpaired) electrons. The first kappa shape index (κ1) is 12.2. The molecule has 4 nitrogen and oxygen atoms in total. The number of carbonyl (C=O) groups is 2. The van der Waals surface area contributed by atoms with Crippen LogP contribution < -0.4 is 0 Å². The summed E-state index contributed by atoms with van der Waals surface area (Å²) in [6.45, 7) is 1.73. The van der Waals surface area contributed by atoms with Crippen molar-refractivity contribution in [3.8, 4) is 5.75 Å². The molecule has 1 aromatic rings. The summed E-state index contributed by atoms with van der Waals surface area (Å²) < 4.78 is 4.79. The molecule has 0 unspecified atom stereocenters. The molecule has 4 heteroatoms. The van der Waals surface area contributed by atoms with Gasteiger partial charge in [0.05, 0.1) is 12.2 Å². The van der Waals surface area contributed by atoms with Gasteiger partial charge in [0.2, 0.25) is 0 Å². The lowest BCUT2D eigenvalue weighted by Gasteiger charge is -2.04. The van der Waals surface area contributed by atoms with Gasteiger partial charge < -0.3 is 9.84 Å². The lowest BCUT2D eigenvalue weighted by Crippen LogP contribution is -2.01. The van der Waals surface area contributed by atoms with Crippen molar-refractivity contribution in [3.63, 3.8) is 0 Å². The average Bonchev–Trinajstić information content (AvgIpc) is 2.26. The number of aromatic hydroxyl groups is 1. The molecule has 0 atom stereocenters. The monoisotopic (exact) mass is 222 g/mol. The first-order chi connectivity index (χ1) is 7.63. The van der Waals surface area contributed by atoms with Gasteiger partial charge in [-0.1, -0.05) is 6.07 Å². The maximum Gasteiger partial charge on any atom is 0.302 e. The highest BCUT2D eigenvalue weighted by Gasteiger charge is 2.02. The van der Waals surface area contributed by atoms with Gasteiger partial charge in [0.15, 0.2) is 6.29 Å². The van der Waals surface area contributed by atoms with E-state index in [1.807, 2.05) is 0 Å². The van der Waals surface area contributed by atoms with E-state index in [2.05, 4.69) is 0 Å². The van der Waals surface area contributed by atoms with E-state index in [1.165, 1.54) is 13.0 Å². The molecular weight excluding hydrogens is 208 g/mol. The minimum atomic E-state index is -0.292. The molecule has 0 bridgehead atoms. The van der Waals surface area contributed by atoms with Crippen LogP contribution in [0.25, 0.3) is 0 Å². The van der Waals surface area contributed by atoms with Crippen molar-refractivity contribution < 1.29 is 19.4 Å². The molecule has 86 valence electrons. The van der Waals surface area contributed by atoms with Gasteiger partial charge in [0.1, 0.15) is 5.75 Å². The van der Waals surface area contributed by atoms with E-state index in [1.54, 1.807) is 12.1 Å². The molecule has 0 saturated carbocycles. The van der Waals surface area contributed by atoms with Crippen molar-refractivity contribution in [2.75, 3.05) is 6.61 Å². The van der Waals surface area contributed by atoms with Crippen LogP contribution in [0, 0.1) is 0 Å². The van der Waals surface area contributed by atoms with Gasteiger partial charge in [-0.15, -0.1) is 0 Å². The fourth-order valence-electron chi connectivity index (χ4n) is 1.35. The summed E-state index contributed by atoms with van der Waals surface area (Å²) >= 11 is 0. The fourth-order valence-corrected chi connectivity index (χ4v) is 1.35. The van der Waals surface area contributed by atoms with Gasteiger partial charge in [-0.25, -0.2) is 0 Å². The zero-order chi connectivity index (χ0) is 12.0. The van der Waals surface area contributed by atoms with Crippen LogP contribution >= 0.6 is 0 Å². The predicted octanol–water partition coefficient (Wildman–Crippen LogP) is 1.70. The van der Waals surface area contributed by atoms with Gasteiger partial charge >= 0.3 is 5.97 Å². The summed E-state index contributed by atoms with van der Waals surface area (Å²) in [6.07, 6.45) is 2.02. The molecular formula is C12H14O4. The molecule has 1 rings (SSSR count). The summed E-state index contributed by atoms with van der Waals surface area (Å²) in [4.78, 5) is 21.1. The van der Waals surface area contributed by atoms with Crippen LogP contribution in [-0.2, 0) is 16.0 Å². The Morgan fingerprint density at radius 2 is 2.25 bits per heavy atom. The topological polar surface area (TPSA) is 63.6 Å². The van der Waals surface area contributed by atoms with Crippen LogP contribution in [0.3, 0.4) is 0 Å². The SMILES string of the molecule is CC(=O)OCCCc1ccc(O)c(C=O)c1. The highest BCUT2D eigenvalue weighted by atomic mass is 16.5. The van der Waals surface area contributed by atoms with Gasteiger partial charge in [-0.3, -0.25) is 9.59 Å². The first-order valence-corrected chi connectivity index (χ1v) is 5.04. The number of aldehydes is 1. The van der Waals surface area contributed by atoms with Crippen molar-refractivity contribution in [1.82, 2.24) is 0 Å². The Hall–Kier alpha value is -1.84.